The third-order valence-electron chi connectivity index (χ3n) is 7.42. The van der Waals surface area contributed by atoms with Crippen LogP contribution < -0.4 is 10.0 Å². The number of ketones is 1. The van der Waals surface area contributed by atoms with E-state index >= 15 is 0 Å². The number of sulfonamides is 1. The van der Waals surface area contributed by atoms with E-state index < -0.39 is 38.5 Å². The van der Waals surface area contributed by atoms with E-state index in [2.05, 4.69) is 10.0 Å². The summed E-state index contributed by atoms with van der Waals surface area (Å²) < 4.78 is 67.2. The van der Waals surface area contributed by atoms with Gasteiger partial charge in [0.05, 0.1) is 16.7 Å². The van der Waals surface area contributed by atoms with Crippen molar-refractivity contribution in [2.75, 3.05) is 15.8 Å². The second-order valence-electron chi connectivity index (χ2n) is 9.64. The van der Waals surface area contributed by atoms with Crippen LogP contribution in [0.3, 0.4) is 0 Å². The van der Waals surface area contributed by atoms with Crippen LogP contribution in [0.1, 0.15) is 49.0 Å². The molecule has 0 spiro atoms. The molecule has 4 rings (SSSR count). The lowest BCUT2D eigenvalue weighted by Crippen LogP contribution is -2.43. The third-order valence-corrected chi connectivity index (χ3v) is 8.84. The molecule has 2 aromatic rings. The van der Waals surface area contributed by atoms with E-state index in [0.717, 1.165) is 18.6 Å². The van der Waals surface area contributed by atoms with Gasteiger partial charge in [0, 0.05) is 23.4 Å². The number of anilines is 2. The Morgan fingerprint density at radius 3 is 2.38 bits per heavy atom. The molecule has 2 aliphatic carbocycles. The van der Waals surface area contributed by atoms with Gasteiger partial charge in [-0.3, -0.25) is 14.3 Å². The van der Waals surface area contributed by atoms with Crippen LogP contribution in [0.5, 0.6) is 0 Å². The fourth-order valence-corrected chi connectivity index (χ4v) is 7.23. The average Bonchev–Trinajstić information content (AvgIpc) is 3.07. The predicted octanol–water partition coefficient (Wildman–Crippen LogP) is 5.09. The zero-order chi connectivity index (χ0) is 24.9. The van der Waals surface area contributed by atoms with E-state index in [-0.39, 0.29) is 34.4 Å². The van der Waals surface area contributed by atoms with Crippen molar-refractivity contribution in [1.82, 2.24) is 0 Å². The minimum Gasteiger partial charge on any atom is -0.322 e. The molecular weight excluding hydrogens is 469 g/mol. The summed E-state index contributed by atoms with van der Waals surface area (Å²) in [6, 6.07) is 9.88. The highest BCUT2D eigenvalue weighted by atomic mass is 32.2. The summed E-state index contributed by atoms with van der Waals surface area (Å²) in [7, 11) is -3.92. The molecule has 2 unspecified atom stereocenters. The quantitative estimate of drug-likeness (QED) is 0.585. The van der Waals surface area contributed by atoms with Gasteiger partial charge in [0.15, 0.2) is 0 Å². The zero-order valence-corrected chi connectivity index (χ0v) is 19.5. The number of benzene rings is 2. The van der Waals surface area contributed by atoms with Crippen molar-refractivity contribution in [3.63, 3.8) is 0 Å². The lowest BCUT2D eigenvalue weighted by atomic mass is 9.70. The van der Waals surface area contributed by atoms with Gasteiger partial charge in [-0.2, -0.15) is 13.2 Å². The van der Waals surface area contributed by atoms with E-state index in [1.807, 2.05) is 13.8 Å². The molecule has 2 aromatic carbocycles. The van der Waals surface area contributed by atoms with Gasteiger partial charge in [0.25, 0.3) is 5.91 Å². The summed E-state index contributed by atoms with van der Waals surface area (Å²) in [5.74, 6) is -0.862. The maximum absolute atomic E-state index is 13.0. The van der Waals surface area contributed by atoms with Crippen LogP contribution in [0, 0.1) is 16.7 Å². The molecule has 2 bridgehead atoms. The van der Waals surface area contributed by atoms with Crippen LogP contribution >= 0.6 is 0 Å². The smallest absolute Gasteiger partial charge is 0.322 e. The molecule has 0 aromatic heterocycles. The van der Waals surface area contributed by atoms with Crippen LogP contribution in [0.25, 0.3) is 0 Å². The highest BCUT2D eigenvalue weighted by molar-refractivity contribution is 7.92. The molecule has 6 nitrogen and oxygen atoms in total. The molecule has 182 valence electrons. The molecule has 2 atom stereocenters. The summed E-state index contributed by atoms with van der Waals surface area (Å²) in [5.41, 5.74) is -2.08. The number of carbonyl (C=O) groups excluding carboxylic acids is 2. The van der Waals surface area contributed by atoms with Gasteiger partial charge in [-0.15, -0.1) is 0 Å². The molecule has 2 saturated carbocycles. The molecular formula is C24H25F3N2O4S. The minimum absolute atomic E-state index is 0.0201. The van der Waals surface area contributed by atoms with Crippen molar-refractivity contribution in [3.8, 4) is 0 Å². The highest BCUT2D eigenvalue weighted by Gasteiger charge is 2.65. The number of nitrogens with one attached hydrogen (secondary N) is 2. The summed E-state index contributed by atoms with van der Waals surface area (Å²) in [4.78, 5) is 25.3. The SMILES string of the molecule is CC1(C)C2CCC1(CS(=O)(=O)Nc1cccc(C(=O)Nc3cccc(C(F)(F)F)c3)c1)C(=O)C2. The largest absolute Gasteiger partial charge is 0.416 e. The Labute approximate surface area is 196 Å². The standard InChI is InChI=1S/C24H25F3N2O4S/c1-22(2)16-9-10-23(22,20(30)13-16)14-34(32,33)29-19-8-3-5-15(11-19)21(31)28-18-7-4-6-17(12-18)24(25,26)27/h3-8,11-12,16,29H,9-10,13-14H2,1-2H3,(H,28,31). The Morgan fingerprint density at radius 2 is 1.76 bits per heavy atom. The van der Waals surface area contributed by atoms with E-state index in [0.29, 0.717) is 12.8 Å². The highest BCUT2D eigenvalue weighted by Crippen LogP contribution is 2.64. The first-order valence-corrected chi connectivity index (χ1v) is 12.5. The van der Waals surface area contributed by atoms with Crippen molar-refractivity contribution in [2.24, 2.45) is 16.7 Å². The van der Waals surface area contributed by atoms with Crippen LogP contribution in [0.15, 0.2) is 48.5 Å². The van der Waals surface area contributed by atoms with E-state index in [1.54, 1.807) is 0 Å². The Balaban J connectivity index is 1.50. The van der Waals surface area contributed by atoms with Crippen molar-refractivity contribution >= 4 is 33.1 Å². The van der Waals surface area contributed by atoms with Crippen LogP contribution in [-0.2, 0) is 21.0 Å². The number of Topliss-reactive ketones (excluding diaryl/α,β-unsaturated/α-hetero) is 1. The van der Waals surface area contributed by atoms with Crippen LogP contribution in [-0.4, -0.2) is 25.9 Å². The second-order valence-corrected chi connectivity index (χ2v) is 11.4. The van der Waals surface area contributed by atoms with Gasteiger partial charge >= 0.3 is 6.18 Å². The third kappa shape index (κ3) is 4.31. The minimum atomic E-state index is -4.55. The fourth-order valence-electron chi connectivity index (χ4n) is 5.35. The molecule has 0 aliphatic heterocycles. The summed E-state index contributed by atoms with van der Waals surface area (Å²) >= 11 is 0. The van der Waals surface area contributed by atoms with Gasteiger partial charge in [0.2, 0.25) is 10.0 Å². The monoisotopic (exact) mass is 494 g/mol. The summed E-state index contributed by atoms with van der Waals surface area (Å²) in [6.07, 6.45) is -2.80. The first-order valence-electron chi connectivity index (χ1n) is 10.9. The molecule has 10 heteroatoms. The molecule has 0 saturated heterocycles. The van der Waals surface area contributed by atoms with E-state index in [4.69, 9.17) is 0 Å². The lowest BCUT2D eigenvalue weighted by molar-refractivity contribution is -0.137. The first-order chi connectivity index (χ1) is 15.7. The van der Waals surface area contributed by atoms with Crippen molar-refractivity contribution in [2.45, 2.75) is 39.3 Å². The zero-order valence-electron chi connectivity index (χ0n) is 18.7. The summed E-state index contributed by atoms with van der Waals surface area (Å²) in [5, 5.41) is 2.40. The number of hydrogen-bond donors (Lipinski definition) is 2. The number of fused-ring (bicyclic) bond motifs is 2. The molecule has 1 amide bonds. The maximum Gasteiger partial charge on any atom is 0.416 e. The molecule has 2 N–H and O–H groups in total. The Bertz CT molecular complexity index is 1260. The van der Waals surface area contributed by atoms with Gasteiger partial charge < -0.3 is 5.32 Å². The van der Waals surface area contributed by atoms with E-state index in [9.17, 15) is 31.2 Å². The molecule has 34 heavy (non-hydrogen) atoms. The van der Waals surface area contributed by atoms with Crippen LogP contribution in [0.4, 0.5) is 24.5 Å². The average molecular weight is 495 g/mol. The van der Waals surface area contributed by atoms with Crippen molar-refractivity contribution in [3.05, 3.63) is 59.7 Å². The number of hydrogen-bond acceptors (Lipinski definition) is 4. The lowest BCUT2D eigenvalue weighted by Gasteiger charge is -2.36. The van der Waals surface area contributed by atoms with Crippen molar-refractivity contribution in [1.29, 1.82) is 0 Å². The van der Waals surface area contributed by atoms with Gasteiger partial charge in [0.1, 0.15) is 5.78 Å². The maximum atomic E-state index is 13.0. The number of alkyl halides is 3. The Morgan fingerprint density at radius 1 is 1.09 bits per heavy atom. The second kappa shape index (κ2) is 8.11. The molecule has 2 fully saturated rings. The molecule has 0 radical (unpaired) electrons. The number of carbonyl (C=O) groups is 2. The van der Waals surface area contributed by atoms with Crippen molar-refractivity contribution < 1.29 is 31.2 Å². The fraction of sp³-hybridized carbons (Fsp3) is 0.417. The Hall–Kier alpha value is -2.88. The normalized spacial score (nSPS) is 23.7. The predicted molar refractivity (Wildman–Crippen MR) is 122 cm³/mol. The Kier molecular flexibility index (Phi) is 5.78. The van der Waals surface area contributed by atoms with Gasteiger partial charge in [-0.25, -0.2) is 8.42 Å². The molecule has 0 heterocycles. The van der Waals surface area contributed by atoms with Crippen LogP contribution in [0.2, 0.25) is 0 Å². The number of halogens is 3. The number of amides is 1. The summed E-state index contributed by atoms with van der Waals surface area (Å²) in [6.45, 7) is 3.90. The van der Waals surface area contributed by atoms with Gasteiger partial charge in [-0.05, 0) is 60.6 Å². The number of rotatable bonds is 6. The molecule has 2 aliphatic rings. The first kappa shape index (κ1) is 24.3. The van der Waals surface area contributed by atoms with Gasteiger partial charge in [-0.1, -0.05) is 26.0 Å². The topological polar surface area (TPSA) is 92.3 Å². The van der Waals surface area contributed by atoms with E-state index in [1.165, 1.54) is 36.4 Å².